The number of amidine groups is 1. The number of nitrogens with one attached hydrogen (secondary N) is 1. The first-order chi connectivity index (χ1) is 9.31. The molecule has 3 N–H and O–H groups in total. The number of allylic oxidation sites excluding steroid dienone is 2. The fourth-order valence-corrected chi connectivity index (χ4v) is 3.09. The zero-order valence-electron chi connectivity index (χ0n) is 10.7. The van der Waals surface area contributed by atoms with E-state index < -0.39 is 0 Å². The summed E-state index contributed by atoms with van der Waals surface area (Å²) in [5.74, 6) is 1.01. The molecule has 1 unspecified atom stereocenters. The smallest absolute Gasteiger partial charge is 0.154 e. The quantitative estimate of drug-likeness (QED) is 0.885. The van der Waals surface area contributed by atoms with Gasteiger partial charge in [-0.25, -0.2) is 0 Å². The lowest BCUT2D eigenvalue weighted by Crippen LogP contribution is -2.09. The Morgan fingerprint density at radius 1 is 1.32 bits per heavy atom. The summed E-state index contributed by atoms with van der Waals surface area (Å²) >= 11 is 1.65. The van der Waals surface area contributed by atoms with Crippen LogP contribution in [-0.2, 0) is 6.42 Å². The van der Waals surface area contributed by atoms with Crippen LogP contribution in [0.1, 0.15) is 11.1 Å². The highest BCUT2D eigenvalue weighted by Gasteiger charge is 2.16. The van der Waals surface area contributed by atoms with Gasteiger partial charge in [-0.05, 0) is 35.4 Å². The average Bonchev–Trinajstić information content (AvgIpc) is 2.86. The van der Waals surface area contributed by atoms with Crippen LogP contribution >= 0.6 is 11.8 Å². The lowest BCUT2D eigenvalue weighted by atomic mass is 10.00. The van der Waals surface area contributed by atoms with E-state index in [0.717, 1.165) is 23.9 Å². The van der Waals surface area contributed by atoms with Crippen LogP contribution in [0.15, 0.2) is 47.6 Å². The van der Waals surface area contributed by atoms with Gasteiger partial charge >= 0.3 is 0 Å². The highest BCUT2D eigenvalue weighted by molar-refractivity contribution is 8.14. The van der Waals surface area contributed by atoms with E-state index in [2.05, 4.69) is 46.7 Å². The predicted octanol–water partition coefficient (Wildman–Crippen LogP) is 2.16. The standard InChI is InChI=1S/C15H17N3S/c16-15-18-14(10-19-15)9-11-1-3-12(4-2-11)13-5-7-17-8-6-13/h1-7,14,17H,8-10H2,(H2,16,18). The predicted molar refractivity (Wildman–Crippen MR) is 83.1 cm³/mol. The van der Waals surface area contributed by atoms with Gasteiger partial charge in [-0.1, -0.05) is 42.1 Å². The Morgan fingerprint density at radius 2 is 2.16 bits per heavy atom. The fraction of sp³-hybridized carbons (Fsp3) is 0.267. The third-order valence-corrected chi connectivity index (χ3v) is 4.27. The van der Waals surface area contributed by atoms with Crippen molar-refractivity contribution in [3.8, 4) is 0 Å². The number of hydrogen-bond donors (Lipinski definition) is 2. The molecular weight excluding hydrogens is 254 g/mol. The van der Waals surface area contributed by atoms with Crippen molar-refractivity contribution >= 4 is 22.5 Å². The van der Waals surface area contributed by atoms with E-state index in [0.29, 0.717) is 6.04 Å². The summed E-state index contributed by atoms with van der Waals surface area (Å²) in [6.07, 6.45) is 7.28. The zero-order valence-corrected chi connectivity index (χ0v) is 11.5. The minimum atomic E-state index is 0.342. The van der Waals surface area contributed by atoms with Crippen LogP contribution in [0.3, 0.4) is 0 Å². The van der Waals surface area contributed by atoms with Crippen molar-refractivity contribution in [1.82, 2.24) is 5.32 Å². The van der Waals surface area contributed by atoms with Crippen LogP contribution < -0.4 is 11.1 Å². The molecule has 3 rings (SSSR count). The molecule has 0 radical (unpaired) electrons. The van der Waals surface area contributed by atoms with E-state index in [9.17, 15) is 0 Å². The molecule has 2 aliphatic rings. The zero-order chi connectivity index (χ0) is 13.1. The first kappa shape index (κ1) is 12.4. The SMILES string of the molecule is NC1=NC(Cc2ccc(C3=CCNC=C3)cc2)CS1. The summed E-state index contributed by atoms with van der Waals surface area (Å²) < 4.78 is 0. The van der Waals surface area contributed by atoms with Crippen molar-refractivity contribution < 1.29 is 0 Å². The number of rotatable bonds is 3. The van der Waals surface area contributed by atoms with Crippen molar-refractivity contribution in [2.24, 2.45) is 10.7 Å². The Bertz CT molecular complexity index is 543. The largest absolute Gasteiger partial charge is 0.387 e. The van der Waals surface area contributed by atoms with Crippen molar-refractivity contribution in [3.05, 3.63) is 53.7 Å². The maximum atomic E-state index is 5.69. The summed E-state index contributed by atoms with van der Waals surface area (Å²) in [6, 6.07) is 9.10. The van der Waals surface area contributed by atoms with E-state index in [1.165, 1.54) is 16.7 Å². The van der Waals surface area contributed by atoms with Gasteiger partial charge in [0.15, 0.2) is 5.17 Å². The van der Waals surface area contributed by atoms with E-state index >= 15 is 0 Å². The third kappa shape index (κ3) is 3.01. The van der Waals surface area contributed by atoms with Gasteiger partial charge in [0.2, 0.25) is 0 Å². The number of benzene rings is 1. The Kier molecular flexibility index (Phi) is 3.60. The second kappa shape index (κ2) is 5.53. The second-order valence-corrected chi connectivity index (χ2v) is 5.77. The Balaban J connectivity index is 1.69. The molecule has 4 heteroatoms. The first-order valence-electron chi connectivity index (χ1n) is 6.47. The van der Waals surface area contributed by atoms with Gasteiger partial charge in [-0.15, -0.1) is 0 Å². The van der Waals surface area contributed by atoms with Crippen molar-refractivity contribution in [2.75, 3.05) is 12.3 Å². The lowest BCUT2D eigenvalue weighted by molar-refractivity contribution is 0.762. The van der Waals surface area contributed by atoms with E-state index in [-0.39, 0.29) is 0 Å². The normalized spacial score (nSPS) is 21.8. The van der Waals surface area contributed by atoms with E-state index in [1.807, 2.05) is 6.20 Å². The molecule has 0 amide bonds. The van der Waals surface area contributed by atoms with Crippen LogP contribution in [-0.4, -0.2) is 23.5 Å². The summed E-state index contributed by atoms with van der Waals surface area (Å²) in [5, 5.41) is 3.89. The van der Waals surface area contributed by atoms with Gasteiger partial charge in [-0.3, -0.25) is 4.99 Å². The van der Waals surface area contributed by atoms with Crippen molar-refractivity contribution in [3.63, 3.8) is 0 Å². The highest BCUT2D eigenvalue weighted by Crippen LogP contribution is 2.21. The molecule has 0 bridgehead atoms. The summed E-state index contributed by atoms with van der Waals surface area (Å²) in [6.45, 7) is 0.904. The highest BCUT2D eigenvalue weighted by atomic mass is 32.2. The Labute approximate surface area is 117 Å². The average molecular weight is 271 g/mol. The molecule has 0 saturated carbocycles. The molecular formula is C15H17N3S. The number of thioether (sulfide) groups is 1. The Hall–Kier alpha value is -1.68. The van der Waals surface area contributed by atoms with Gasteiger partial charge in [-0.2, -0.15) is 0 Å². The van der Waals surface area contributed by atoms with Crippen LogP contribution in [0.4, 0.5) is 0 Å². The van der Waals surface area contributed by atoms with E-state index in [1.54, 1.807) is 11.8 Å². The minimum Gasteiger partial charge on any atom is -0.387 e. The molecule has 0 aliphatic carbocycles. The van der Waals surface area contributed by atoms with Gasteiger partial charge in [0.25, 0.3) is 0 Å². The number of nitrogens with two attached hydrogens (primary N) is 1. The van der Waals surface area contributed by atoms with Gasteiger partial charge in [0.1, 0.15) is 0 Å². The van der Waals surface area contributed by atoms with Crippen LogP contribution in [0.5, 0.6) is 0 Å². The lowest BCUT2D eigenvalue weighted by Gasteiger charge is -2.10. The van der Waals surface area contributed by atoms with Gasteiger partial charge in [0, 0.05) is 12.3 Å². The minimum absolute atomic E-state index is 0.342. The van der Waals surface area contributed by atoms with Crippen LogP contribution in [0.25, 0.3) is 5.57 Å². The summed E-state index contributed by atoms with van der Waals surface area (Å²) in [5.41, 5.74) is 9.57. The molecule has 2 heterocycles. The third-order valence-electron chi connectivity index (χ3n) is 3.31. The molecule has 0 fully saturated rings. The molecule has 0 aromatic heterocycles. The number of hydrogen-bond acceptors (Lipinski definition) is 4. The molecule has 0 spiro atoms. The monoisotopic (exact) mass is 271 g/mol. The second-order valence-electron chi connectivity index (χ2n) is 4.73. The molecule has 2 aliphatic heterocycles. The molecule has 1 aromatic carbocycles. The first-order valence-corrected chi connectivity index (χ1v) is 7.45. The van der Waals surface area contributed by atoms with Crippen LogP contribution in [0, 0.1) is 0 Å². The molecule has 1 aromatic rings. The van der Waals surface area contributed by atoms with Crippen molar-refractivity contribution in [1.29, 1.82) is 0 Å². The maximum absolute atomic E-state index is 5.69. The number of nitrogens with zero attached hydrogens (tertiary/aromatic N) is 1. The molecule has 98 valence electrons. The van der Waals surface area contributed by atoms with Gasteiger partial charge in [0.05, 0.1) is 6.04 Å². The molecule has 1 atom stereocenters. The molecule has 19 heavy (non-hydrogen) atoms. The molecule has 0 saturated heterocycles. The van der Waals surface area contributed by atoms with Gasteiger partial charge < -0.3 is 11.1 Å². The summed E-state index contributed by atoms with van der Waals surface area (Å²) in [7, 11) is 0. The maximum Gasteiger partial charge on any atom is 0.154 e. The Morgan fingerprint density at radius 3 is 2.79 bits per heavy atom. The van der Waals surface area contributed by atoms with Crippen LogP contribution in [0.2, 0.25) is 0 Å². The van der Waals surface area contributed by atoms with Crippen molar-refractivity contribution in [2.45, 2.75) is 12.5 Å². The summed E-state index contributed by atoms with van der Waals surface area (Å²) in [4.78, 5) is 4.42. The number of dihydropyridines is 1. The topological polar surface area (TPSA) is 50.4 Å². The fourth-order valence-electron chi connectivity index (χ4n) is 2.31. The molecule has 3 nitrogen and oxygen atoms in total. The van der Waals surface area contributed by atoms with E-state index in [4.69, 9.17) is 5.73 Å². The number of aliphatic imine (C=N–C) groups is 1.